The van der Waals surface area contributed by atoms with Gasteiger partial charge in [0.1, 0.15) is 0 Å². The third-order valence-corrected chi connectivity index (χ3v) is 6.20. The van der Waals surface area contributed by atoms with Gasteiger partial charge in [-0.3, -0.25) is 0 Å². The molecule has 0 bridgehead atoms. The maximum atomic E-state index is 12.6. The number of halogens is 1. The fourth-order valence-corrected chi connectivity index (χ4v) is 4.75. The Kier molecular flexibility index (Phi) is 3.32. The van der Waals surface area contributed by atoms with Crippen molar-refractivity contribution in [3.8, 4) is 0 Å². The first kappa shape index (κ1) is 13.6. The van der Waals surface area contributed by atoms with E-state index in [4.69, 9.17) is 17.3 Å². The van der Waals surface area contributed by atoms with Crippen molar-refractivity contribution >= 4 is 21.4 Å². The molecule has 1 aliphatic carbocycles. The summed E-state index contributed by atoms with van der Waals surface area (Å²) in [6.45, 7) is 0. The zero-order valence-corrected chi connectivity index (χ0v) is 12.2. The van der Waals surface area contributed by atoms with E-state index < -0.39 is 15.1 Å². The fraction of sp³-hybridized carbons (Fsp3) is 0.200. The molecule has 0 unspecified atom stereocenters. The Bertz CT molecular complexity index is 713. The van der Waals surface area contributed by atoms with Crippen molar-refractivity contribution in [3.63, 3.8) is 0 Å². The van der Waals surface area contributed by atoms with E-state index in [0.717, 1.165) is 5.56 Å². The van der Waals surface area contributed by atoms with Gasteiger partial charge in [-0.05, 0) is 29.8 Å². The fourth-order valence-electron chi connectivity index (χ4n) is 2.57. The lowest BCUT2D eigenvalue weighted by Gasteiger charge is -2.04. The highest BCUT2D eigenvalue weighted by Crippen LogP contribution is 2.46. The Morgan fingerprint density at radius 3 is 2.15 bits per heavy atom. The van der Waals surface area contributed by atoms with Crippen LogP contribution in [-0.2, 0) is 9.84 Å². The van der Waals surface area contributed by atoms with Gasteiger partial charge in [0, 0.05) is 17.0 Å². The van der Waals surface area contributed by atoms with Gasteiger partial charge in [-0.1, -0.05) is 41.9 Å². The Balaban J connectivity index is 1.92. The summed E-state index contributed by atoms with van der Waals surface area (Å²) in [6, 6.07) is 15.4. The molecule has 2 aromatic carbocycles. The van der Waals surface area contributed by atoms with E-state index >= 15 is 0 Å². The number of nitrogens with two attached hydrogens (primary N) is 1. The second kappa shape index (κ2) is 4.88. The van der Waals surface area contributed by atoms with Crippen LogP contribution in [0, 0.1) is 0 Å². The largest absolute Gasteiger partial charge is 0.326 e. The SMILES string of the molecule is N[C@@H]1[C@@H](c2ccccc2)[C@H]1S(=O)(=O)c1ccc(Cl)cc1. The lowest BCUT2D eigenvalue weighted by atomic mass is 10.1. The van der Waals surface area contributed by atoms with Crippen LogP contribution in [0.5, 0.6) is 0 Å². The van der Waals surface area contributed by atoms with Crippen molar-refractivity contribution in [1.29, 1.82) is 0 Å². The van der Waals surface area contributed by atoms with Crippen molar-refractivity contribution in [2.24, 2.45) is 5.73 Å². The van der Waals surface area contributed by atoms with E-state index in [0.29, 0.717) is 5.02 Å². The van der Waals surface area contributed by atoms with Crippen LogP contribution in [0.2, 0.25) is 5.02 Å². The van der Waals surface area contributed by atoms with Crippen LogP contribution in [0.25, 0.3) is 0 Å². The quantitative estimate of drug-likeness (QED) is 0.948. The van der Waals surface area contributed by atoms with Crippen LogP contribution in [0.4, 0.5) is 0 Å². The molecule has 1 aliphatic rings. The standard InChI is InChI=1S/C15H14ClNO2S/c16-11-6-8-12(9-7-11)20(18,19)15-13(14(15)17)10-4-2-1-3-5-10/h1-9,13-15H,17H2/t13-,14-,15-/m1/s1. The van der Waals surface area contributed by atoms with Crippen molar-refractivity contribution < 1.29 is 8.42 Å². The minimum Gasteiger partial charge on any atom is -0.326 e. The predicted molar refractivity (Wildman–Crippen MR) is 79.6 cm³/mol. The van der Waals surface area contributed by atoms with Crippen LogP contribution in [0.3, 0.4) is 0 Å². The van der Waals surface area contributed by atoms with Crippen molar-refractivity contribution in [3.05, 3.63) is 65.2 Å². The molecule has 0 spiro atoms. The Morgan fingerprint density at radius 2 is 1.55 bits per heavy atom. The molecular weight excluding hydrogens is 294 g/mol. The molecular formula is C15H14ClNO2S. The summed E-state index contributed by atoms with van der Waals surface area (Å²) in [7, 11) is -3.41. The van der Waals surface area contributed by atoms with E-state index in [1.807, 2.05) is 30.3 Å². The molecule has 20 heavy (non-hydrogen) atoms. The maximum Gasteiger partial charge on any atom is 0.183 e. The van der Waals surface area contributed by atoms with Gasteiger partial charge in [0.2, 0.25) is 0 Å². The van der Waals surface area contributed by atoms with Gasteiger partial charge in [-0.2, -0.15) is 0 Å². The number of rotatable bonds is 3. The van der Waals surface area contributed by atoms with E-state index in [2.05, 4.69) is 0 Å². The lowest BCUT2D eigenvalue weighted by molar-refractivity contribution is 0.593. The van der Waals surface area contributed by atoms with Gasteiger partial charge in [-0.25, -0.2) is 8.42 Å². The molecule has 0 radical (unpaired) electrons. The zero-order valence-electron chi connectivity index (χ0n) is 10.6. The molecule has 0 aliphatic heterocycles. The molecule has 2 N–H and O–H groups in total. The smallest absolute Gasteiger partial charge is 0.183 e. The summed E-state index contributed by atoms with van der Waals surface area (Å²) in [4.78, 5) is 0.279. The van der Waals surface area contributed by atoms with Gasteiger partial charge < -0.3 is 5.73 Å². The summed E-state index contributed by atoms with van der Waals surface area (Å²) in [5.74, 6) is -0.128. The Labute approximate surface area is 123 Å². The number of sulfone groups is 1. The van der Waals surface area contributed by atoms with Crippen molar-refractivity contribution in [2.75, 3.05) is 0 Å². The second-order valence-corrected chi connectivity index (χ2v) is 7.52. The molecule has 3 rings (SSSR count). The third kappa shape index (κ3) is 2.24. The molecule has 3 atom stereocenters. The van der Waals surface area contributed by atoms with Crippen LogP contribution in [-0.4, -0.2) is 19.7 Å². The summed E-state index contributed by atoms with van der Waals surface area (Å²) >= 11 is 5.79. The average Bonchev–Trinajstić information content (AvgIpc) is 3.13. The number of hydrogen-bond acceptors (Lipinski definition) is 3. The summed E-state index contributed by atoms with van der Waals surface area (Å²) < 4.78 is 25.2. The van der Waals surface area contributed by atoms with Crippen LogP contribution in [0.15, 0.2) is 59.5 Å². The van der Waals surface area contributed by atoms with E-state index in [9.17, 15) is 8.42 Å². The first-order chi connectivity index (χ1) is 9.51. The van der Waals surface area contributed by atoms with Crippen LogP contribution >= 0.6 is 11.6 Å². The monoisotopic (exact) mass is 307 g/mol. The molecule has 104 valence electrons. The third-order valence-electron chi connectivity index (χ3n) is 3.69. The molecule has 0 amide bonds. The molecule has 2 aromatic rings. The van der Waals surface area contributed by atoms with Gasteiger partial charge in [-0.15, -0.1) is 0 Å². The molecule has 1 fully saturated rings. The molecule has 5 heteroatoms. The number of benzene rings is 2. The Hall–Kier alpha value is -1.36. The molecule has 0 saturated heterocycles. The Morgan fingerprint density at radius 1 is 0.950 bits per heavy atom. The molecule has 0 aromatic heterocycles. The minimum atomic E-state index is -3.41. The highest BCUT2D eigenvalue weighted by Gasteiger charge is 2.56. The highest BCUT2D eigenvalue weighted by atomic mass is 35.5. The van der Waals surface area contributed by atoms with Gasteiger partial charge in [0.25, 0.3) is 0 Å². The molecule has 0 heterocycles. The van der Waals surface area contributed by atoms with E-state index in [-0.39, 0.29) is 16.9 Å². The normalized spacial score (nSPS) is 25.4. The summed E-state index contributed by atoms with van der Waals surface area (Å²) in [6.07, 6.45) is 0. The topological polar surface area (TPSA) is 60.2 Å². The van der Waals surface area contributed by atoms with Crippen molar-refractivity contribution in [1.82, 2.24) is 0 Å². The van der Waals surface area contributed by atoms with Crippen LogP contribution in [0.1, 0.15) is 11.5 Å². The summed E-state index contributed by atoms with van der Waals surface area (Å²) in [5.41, 5.74) is 6.97. The average molecular weight is 308 g/mol. The summed E-state index contributed by atoms with van der Waals surface area (Å²) in [5, 5.41) is -0.0327. The van der Waals surface area contributed by atoms with Gasteiger partial charge in [0.05, 0.1) is 10.1 Å². The molecule has 1 saturated carbocycles. The van der Waals surface area contributed by atoms with Crippen LogP contribution < -0.4 is 5.73 Å². The molecule has 3 nitrogen and oxygen atoms in total. The lowest BCUT2D eigenvalue weighted by Crippen LogP contribution is -2.15. The maximum absolute atomic E-state index is 12.6. The van der Waals surface area contributed by atoms with Crippen molar-refractivity contribution in [2.45, 2.75) is 22.1 Å². The van der Waals surface area contributed by atoms with E-state index in [1.165, 1.54) is 12.1 Å². The first-order valence-electron chi connectivity index (χ1n) is 6.32. The highest BCUT2D eigenvalue weighted by molar-refractivity contribution is 7.92. The second-order valence-electron chi connectivity index (χ2n) is 4.98. The van der Waals surface area contributed by atoms with E-state index in [1.54, 1.807) is 12.1 Å². The zero-order chi connectivity index (χ0) is 14.3. The first-order valence-corrected chi connectivity index (χ1v) is 8.24. The van der Waals surface area contributed by atoms with Gasteiger partial charge in [0.15, 0.2) is 9.84 Å². The van der Waals surface area contributed by atoms with Gasteiger partial charge >= 0.3 is 0 Å². The minimum absolute atomic E-state index is 0.128. The number of hydrogen-bond donors (Lipinski definition) is 1. The predicted octanol–water partition coefficient (Wildman–Crippen LogP) is 2.61.